The van der Waals surface area contributed by atoms with Gasteiger partial charge in [-0.15, -0.1) is 0 Å². The van der Waals surface area contributed by atoms with E-state index in [0.29, 0.717) is 24.7 Å². The monoisotopic (exact) mass is 576 g/mol. The average molecular weight is 577 g/mol. The number of allylic oxidation sites excluding steroid dienone is 3. The van der Waals surface area contributed by atoms with Crippen molar-refractivity contribution in [3.63, 3.8) is 0 Å². The molecule has 2 heterocycles. The van der Waals surface area contributed by atoms with Gasteiger partial charge in [0.15, 0.2) is 8.32 Å². The Morgan fingerprint density at radius 1 is 1.20 bits per heavy atom. The van der Waals surface area contributed by atoms with Crippen LogP contribution < -0.4 is 0 Å². The Hall–Kier alpha value is -1.21. The van der Waals surface area contributed by atoms with E-state index in [0.717, 1.165) is 55.8 Å². The molecule has 0 spiro atoms. The Balaban J connectivity index is 2.13. The van der Waals surface area contributed by atoms with Crippen molar-refractivity contribution in [1.82, 2.24) is 0 Å². The second-order valence-electron chi connectivity index (χ2n) is 13.0. The zero-order valence-corrected chi connectivity index (χ0v) is 28.1. The molecule has 2 aliphatic rings. The zero-order chi connectivity index (χ0) is 29.9. The van der Waals surface area contributed by atoms with Gasteiger partial charge in [0.25, 0.3) is 0 Å². The van der Waals surface area contributed by atoms with Crippen molar-refractivity contribution in [2.24, 2.45) is 17.8 Å². The Labute approximate surface area is 247 Å². The minimum Gasteiger partial charge on any atom is -0.457 e. The Morgan fingerprint density at radius 2 is 1.88 bits per heavy atom. The fourth-order valence-corrected chi connectivity index (χ4v) is 9.09. The molecular formula is C34H60O5Si. The topological polar surface area (TPSA) is 68.3 Å². The number of hydrogen-bond acceptors (Lipinski definition) is 5. The van der Waals surface area contributed by atoms with Crippen LogP contribution in [0, 0.1) is 17.8 Å². The predicted octanol–water partition coefficient (Wildman–Crippen LogP) is 8.54. The van der Waals surface area contributed by atoms with Crippen LogP contribution in [0.25, 0.3) is 0 Å². The van der Waals surface area contributed by atoms with Gasteiger partial charge < -0.3 is 19.0 Å². The fourth-order valence-electron chi connectivity index (χ4n) is 6.18. The first-order valence-electron chi connectivity index (χ1n) is 16.2. The molecule has 0 aromatic rings. The minimum atomic E-state index is -1.83. The number of epoxide rings is 1. The zero-order valence-electron chi connectivity index (χ0n) is 27.1. The van der Waals surface area contributed by atoms with Crippen molar-refractivity contribution in [3.05, 3.63) is 36.0 Å². The van der Waals surface area contributed by atoms with Gasteiger partial charge in [0.1, 0.15) is 6.10 Å². The highest BCUT2D eigenvalue weighted by molar-refractivity contribution is 6.73. The minimum absolute atomic E-state index is 0.0520. The molecule has 2 rings (SSSR count). The molecule has 5 nitrogen and oxygen atoms in total. The van der Waals surface area contributed by atoms with Gasteiger partial charge in [-0.3, -0.25) is 4.79 Å². The summed E-state index contributed by atoms with van der Waals surface area (Å²) >= 11 is 0. The molecule has 0 aromatic carbocycles. The van der Waals surface area contributed by atoms with Crippen LogP contribution in [-0.4, -0.2) is 49.4 Å². The standard InChI is InChI=1S/C34H60O5Si/c1-10-16-26(6)33-30(37-33)24-34(9,36)22-15-19-28(8)32-27(7)18-14-17-25(5)20-21-29(23-31(35)38-32)39-40(11-2,12-3)13-4/h14-15,18-19,22,25-27,29-30,32-33,36H,10-13,16-17,20-21,23-24H2,1-9H3/b18-14+,22-15+,28-19+/t25-,26-,27+,29-,30-,32+,33-,34+/m1/s1. The Kier molecular flexibility index (Phi) is 14.4. The summed E-state index contributed by atoms with van der Waals surface area (Å²) in [5.74, 6) is 0.943. The van der Waals surface area contributed by atoms with Crippen LogP contribution in [0.15, 0.2) is 36.0 Å². The van der Waals surface area contributed by atoms with Gasteiger partial charge in [-0.2, -0.15) is 0 Å². The largest absolute Gasteiger partial charge is 0.457 e. The third-order valence-electron chi connectivity index (χ3n) is 9.24. The van der Waals surface area contributed by atoms with Gasteiger partial charge in [-0.25, -0.2) is 0 Å². The summed E-state index contributed by atoms with van der Waals surface area (Å²) in [5, 5.41) is 11.0. The number of carbonyl (C=O) groups excluding carboxylic acids is 1. The first-order valence-corrected chi connectivity index (χ1v) is 18.7. The van der Waals surface area contributed by atoms with Crippen molar-refractivity contribution in [3.8, 4) is 0 Å². The maximum atomic E-state index is 13.3. The van der Waals surface area contributed by atoms with E-state index in [4.69, 9.17) is 13.9 Å². The molecular weight excluding hydrogens is 516 g/mol. The summed E-state index contributed by atoms with van der Waals surface area (Å²) in [6.45, 7) is 19.4. The molecule has 230 valence electrons. The van der Waals surface area contributed by atoms with Gasteiger partial charge in [-0.1, -0.05) is 85.3 Å². The van der Waals surface area contributed by atoms with E-state index in [-0.39, 0.29) is 36.3 Å². The fraction of sp³-hybridized carbons (Fsp3) is 0.794. The summed E-state index contributed by atoms with van der Waals surface area (Å²) < 4.78 is 18.8. The molecule has 1 fully saturated rings. The normalized spacial score (nSPS) is 32.0. The van der Waals surface area contributed by atoms with E-state index in [1.807, 2.05) is 32.1 Å². The molecule has 2 aliphatic heterocycles. The quantitative estimate of drug-likeness (QED) is 0.0782. The van der Waals surface area contributed by atoms with E-state index < -0.39 is 13.9 Å². The number of hydrogen-bond donors (Lipinski definition) is 1. The molecule has 6 heteroatoms. The molecule has 0 saturated carbocycles. The Bertz CT molecular complexity index is 850. The number of carbonyl (C=O) groups is 1. The average Bonchev–Trinajstić information content (AvgIpc) is 3.66. The lowest BCUT2D eigenvalue weighted by Gasteiger charge is -2.34. The highest BCUT2D eigenvalue weighted by Crippen LogP contribution is 2.37. The molecule has 0 unspecified atom stereocenters. The van der Waals surface area contributed by atoms with E-state index in [1.54, 1.807) is 0 Å². The first kappa shape index (κ1) is 35.0. The maximum absolute atomic E-state index is 13.3. The summed E-state index contributed by atoms with van der Waals surface area (Å²) in [6.07, 6.45) is 16.3. The lowest BCUT2D eigenvalue weighted by atomic mass is 9.92. The summed E-state index contributed by atoms with van der Waals surface area (Å²) in [6, 6.07) is 3.23. The SMILES string of the molecule is CCC[C@@H](C)[C@H]1O[C@@H]1C[C@@](C)(O)/C=C/C=C(\C)[C@H]1OC(=O)C[C@H](O[Si](CC)(CC)CC)CC[C@H](C)C/C=C/[C@@H]1C. The van der Waals surface area contributed by atoms with Crippen LogP contribution in [0.1, 0.15) is 107 Å². The van der Waals surface area contributed by atoms with Crippen LogP contribution in [-0.2, 0) is 18.7 Å². The lowest BCUT2D eigenvalue weighted by Crippen LogP contribution is -2.41. The van der Waals surface area contributed by atoms with E-state index in [2.05, 4.69) is 60.6 Å². The van der Waals surface area contributed by atoms with Gasteiger partial charge >= 0.3 is 5.97 Å². The first-order chi connectivity index (χ1) is 18.9. The molecule has 1 N–H and O–H groups in total. The van der Waals surface area contributed by atoms with Crippen molar-refractivity contribution < 1.29 is 23.8 Å². The van der Waals surface area contributed by atoms with Gasteiger partial charge in [0.05, 0.1) is 30.3 Å². The molecule has 0 aromatic heterocycles. The van der Waals surface area contributed by atoms with Crippen molar-refractivity contribution in [2.75, 3.05) is 0 Å². The maximum Gasteiger partial charge on any atom is 0.308 e. The smallest absolute Gasteiger partial charge is 0.308 e. The van der Waals surface area contributed by atoms with E-state index in [1.165, 1.54) is 0 Å². The van der Waals surface area contributed by atoms with Crippen LogP contribution in [0.5, 0.6) is 0 Å². The lowest BCUT2D eigenvalue weighted by molar-refractivity contribution is -0.150. The molecule has 1 saturated heterocycles. The highest BCUT2D eigenvalue weighted by Gasteiger charge is 2.45. The number of esters is 1. The molecule has 0 radical (unpaired) electrons. The molecule has 0 bridgehead atoms. The second kappa shape index (κ2) is 16.4. The van der Waals surface area contributed by atoms with Crippen molar-refractivity contribution >= 4 is 14.3 Å². The van der Waals surface area contributed by atoms with Crippen LogP contribution in [0.4, 0.5) is 0 Å². The van der Waals surface area contributed by atoms with Crippen molar-refractivity contribution in [1.29, 1.82) is 0 Å². The second-order valence-corrected chi connectivity index (χ2v) is 17.8. The molecule has 0 aliphatic carbocycles. The number of aliphatic hydroxyl groups is 1. The molecule has 8 atom stereocenters. The van der Waals surface area contributed by atoms with Gasteiger partial charge in [-0.05, 0) is 75.1 Å². The molecule has 0 amide bonds. The van der Waals surface area contributed by atoms with Gasteiger partial charge in [0, 0.05) is 12.3 Å². The summed E-state index contributed by atoms with van der Waals surface area (Å²) in [4.78, 5) is 13.3. The summed E-state index contributed by atoms with van der Waals surface area (Å²) in [5.41, 5.74) is 0.0165. The number of rotatable bonds is 13. The Morgan fingerprint density at radius 3 is 2.50 bits per heavy atom. The third kappa shape index (κ3) is 11.2. The van der Waals surface area contributed by atoms with Crippen LogP contribution in [0.2, 0.25) is 18.1 Å². The van der Waals surface area contributed by atoms with Crippen LogP contribution >= 0.6 is 0 Å². The third-order valence-corrected chi connectivity index (χ3v) is 13.9. The van der Waals surface area contributed by atoms with E-state index in [9.17, 15) is 9.90 Å². The number of ether oxygens (including phenoxy) is 2. The summed E-state index contributed by atoms with van der Waals surface area (Å²) in [7, 11) is -1.83. The number of cyclic esters (lactones) is 1. The van der Waals surface area contributed by atoms with Crippen molar-refractivity contribution in [2.45, 2.75) is 155 Å². The molecule has 40 heavy (non-hydrogen) atoms. The van der Waals surface area contributed by atoms with Gasteiger partial charge in [0.2, 0.25) is 0 Å². The van der Waals surface area contributed by atoms with Crippen LogP contribution in [0.3, 0.4) is 0 Å². The predicted molar refractivity (Wildman–Crippen MR) is 169 cm³/mol. The highest BCUT2D eigenvalue weighted by atomic mass is 28.4. The van der Waals surface area contributed by atoms with E-state index >= 15 is 0 Å².